The summed E-state index contributed by atoms with van der Waals surface area (Å²) in [7, 11) is 0. The number of rotatable bonds is 0. The molecule has 0 aliphatic carbocycles. The molecule has 0 heterocycles. The summed E-state index contributed by atoms with van der Waals surface area (Å²) in [5.41, 5.74) is 0. The van der Waals surface area contributed by atoms with Crippen molar-refractivity contribution in [1.82, 2.24) is 0 Å². The zero-order valence-corrected chi connectivity index (χ0v) is 32.0. The first-order chi connectivity index (χ1) is 0. The molecule has 21 heteroatoms. The molecule has 0 atom stereocenters. The molecule has 0 N–H and O–H groups in total. The maximum absolute atomic E-state index is 0. The van der Waals surface area contributed by atoms with E-state index in [1.807, 2.05) is 0 Å². The van der Waals surface area contributed by atoms with Gasteiger partial charge in [-0.15, -0.1) is 0 Å². The molecule has 0 spiro atoms. The van der Waals surface area contributed by atoms with E-state index in [1.54, 1.807) is 0 Å². The largest absolute Gasteiger partial charge is 5.00 e. The molecule has 0 rings (SSSR count). The Morgan fingerprint density at radius 1 is 0.190 bits per heavy atom. The quantitative estimate of drug-likeness (QED) is 0.206. The summed E-state index contributed by atoms with van der Waals surface area (Å²) < 4.78 is 0. The third kappa shape index (κ3) is 267. The Morgan fingerprint density at radius 3 is 0.190 bits per heavy atom. The van der Waals surface area contributed by atoms with Crippen molar-refractivity contribution in [3.05, 3.63) is 0 Å². The van der Waals surface area contributed by atoms with Gasteiger partial charge in [-0.25, -0.2) is 0 Å². The molecule has 107 valence electrons. The molecule has 0 fully saturated rings. The molecular weight excluding hydrogens is 822 g/mol. The summed E-state index contributed by atoms with van der Waals surface area (Å²) in [5.74, 6) is 0. The van der Waals surface area contributed by atoms with E-state index in [1.165, 1.54) is 0 Å². The van der Waals surface area contributed by atoms with Gasteiger partial charge in [-0.2, -0.15) is 0 Å². The van der Waals surface area contributed by atoms with Crippen LogP contribution in [0, 0.1) is 0 Å². The van der Waals surface area contributed by atoms with E-state index in [0.29, 0.717) is 0 Å². The van der Waals surface area contributed by atoms with Crippen molar-refractivity contribution in [2.45, 2.75) is 0 Å². The summed E-state index contributed by atoms with van der Waals surface area (Å²) in [6.45, 7) is 0. The fourth-order valence-corrected chi connectivity index (χ4v) is 0. The summed E-state index contributed by atoms with van der Waals surface area (Å²) in [4.78, 5) is 0. The van der Waals surface area contributed by atoms with Crippen molar-refractivity contribution in [2.24, 2.45) is 0 Å². The molecule has 21 heavy (non-hydrogen) atoms. The fraction of sp³-hybridized carbons (Fsp3) is 0. The molecule has 0 saturated heterocycles. The minimum absolute atomic E-state index is 0. The molecule has 0 aromatic carbocycles. The molecule has 0 aromatic heterocycles. The van der Waals surface area contributed by atoms with Crippen LogP contribution in [0.25, 0.3) is 0 Å². The SMILES string of the molecule is [Cl-].[Cr+5].[Cr+5].[Cr+5].[O-2].[O-2].[O-2].[O-2].[O-2].[O-2].[O-2].[O-2].[O-2].[O-2].[O-2].[O-2].[Sr+2].[Sr+2].[Sr+2].[Sr+2].[Sr+2]. The second kappa shape index (κ2) is 287. The van der Waals surface area contributed by atoms with Crippen molar-refractivity contribution in [1.29, 1.82) is 0 Å². The zero-order valence-electron chi connectivity index (χ0n) is 10.0. The van der Waals surface area contributed by atoms with E-state index in [0.717, 1.165) is 0 Å². The molecule has 0 saturated carbocycles. The van der Waals surface area contributed by atoms with E-state index >= 15 is 0 Å². The van der Waals surface area contributed by atoms with Gasteiger partial charge in [0.1, 0.15) is 0 Å². The minimum atomic E-state index is 0. The fourth-order valence-electron chi connectivity index (χ4n) is 0. The normalized spacial score (nSPS) is 0. The van der Waals surface area contributed by atoms with E-state index in [2.05, 4.69) is 0 Å². The molecule has 0 aliphatic heterocycles. The Balaban J connectivity index is 0. The third-order valence-corrected chi connectivity index (χ3v) is 0. The topological polar surface area (TPSA) is 342 Å². The standard InChI is InChI=1S/ClH.3Cr.12O.5Sr/h1H;;;;;;;;;;;;;;;;;;;;/q;3*+5;12*-2;5*+2/p-1. The Morgan fingerprint density at radius 2 is 0.190 bits per heavy atom. The van der Waals surface area contributed by atoms with Crippen molar-refractivity contribution in [2.75, 3.05) is 0 Å². The van der Waals surface area contributed by atoms with Gasteiger partial charge in [-0.1, -0.05) is 0 Å². The predicted molar refractivity (Wildman–Crippen MR) is 37.0 cm³/mol. The smallest absolute Gasteiger partial charge is 2.00 e. The van der Waals surface area contributed by atoms with Gasteiger partial charge >= 0.3 is 279 Å². The van der Waals surface area contributed by atoms with Crippen LogP contribution in [0.3, 0.4) is 0 Å². The van der Waals surface area contributed by atoms with Gasteiger partial charge in [0.25, 0.3) is 0 Å². The van der Waals surface area contributed by atoms with Crippen molar-refractivity contribution in [3.8, 4) is 0 Å². The van der Waals surface area contributed by atoms with Crippen molar-refractivity contribution >= 4 is 227 Å². The van der Waals surface area contributed by atoms with Crippen LogP contribution >= 0.6 is 0 Å². The van der Waals surface area contributed by atoms with Crippen LogP contribution in [0.5, 0.6) is 0 Å². The zero-order chi connectivity index (χ0) is 0. The van der Waals surface area contributed by atoms with Crippen LogP contribution in [-0.4, -0.2) is 227 Å². The summed E-state index contributed by atoms with van der Waals surface area (Å²) in [6.07, 6.45) is 0. The molecule has 3 radical (unpaired) electrons. The van der Waals surface area contributed by atoms with E-state index < -0.39 is 0 Å². The molecule has 0 aliphatic rings. The van der Waals surface area contributed by atoms with Gasteiger partial charge in [-0.3, -0.25) is 0 Å². The molecular formula is ClCr3O12Sr5. The predicted octanol–water partition coefficient (Wildman–Crippen LogP) is -6.33. The van der Waals surface area contributed by atoms with Gasteiger partial charge in [0.15, 0.2) is 0 Å². The molecule has 0 amide bonds. The minimum Gasteiger partial charge on any atom is -2.00 e. The van der Waals surface area contributed by atoms with Crippen LogP contribution in [0.15, 0.2) is 0 Å². The number of hydrogen-bond donors (Lipinski definition) is 0. The first kappa shape index (κ1) is 319. The second-order valence-electron chi connectivity index (χ2n) is 0. The number of halogens is 1. The Bertz CT molecular complexity index is 32.9. The van der Waals surface area contributed by atoms with Crippen molar-refractivity contribution in [3.63, 3.8) is 0 Å². The molecule has 0 aromatic rings. The van der Waals surface area contributed by atoms with Gasteiger partial charge < -0.3 is 78.1 Å². The van der Waals surface area contributed by atoms with Gasteiger partial charge in [0.05, 0.1) is 0 Å². The van der Waals surface area contributed by atoms with E-state index in [-0.39, 0.29) is 358 Å². The number of hydrogen-bond acceptors (Lipinski definition) is 0. The van der Waals surface area contributed by atoms with E-state index in [9.17, 15) is 0 Å². The van der Waals surface area contributed by atoms with Crippen LogP contribution < -0.4 is 12.4 Å². The second-order valence-corrected chi connectivity index (χ2v) is 0. The molecule has 12 nitrogen and oxygen atoms in total. The molecule has 0 bridgehead atoms. The van der Waals surface area contributed by atoms with Crippen LogP contribution in [0.2, 0.25) is 0 Å². The van der Waals surface area contributed by atoms with Crippen molar-refractivity contribution < 1.29 is 130 Å². The summed E-state index contributed by atoms with van der Waals surface area (Å²) in [5, 5.41) is 0. The van der Waals surface area contributed by atoms with Gasteiger partial charge in [-0.05, 0) is 0 Å². The summed E-state index contributed by atoms with van der Waals surface area (Å²) in [6, 6.07) is 0. The summed E-state index contributed by atoms with van der Waals surface area (Å²) >= 11 is 0. The maximum Gasteiger partial charge on any atom is 5.00 e. The van der Waals surface area contributed by atoms with Gasteiger partial charge in [0, 0.05) is 0 Å². The van der Waals surface area contributed by atoms with Crippen LogP contribution in [0.4, 0.5) is 0 Å². The van der Waals surface area contributed by atoms with Crippen LogP contribution in [-0.2, 0) is 118 Å². The average molecular weight is 822 g/mol. The van der Waals surface area contributed by atoms with Gasteiger partial charge in [0.2, 0.25) is 0 Å². The van der Waals surface area contributed by atoms with Crippen LogP contribution in [0.1, 0.15) is 0 Å². The Hall–Kier alpha value is 8.81. The van der Waals surface area contributed by atoms with E-state index in [4.69, 9.17) is 0 Å². The first-order valence-corrected chi connectivity index (χ1v) is 0. The Labute approximate surface area is 347 Å². The Kier molecular flexibility index (Phi) is 4360. The average Bonchev–Trinajstić information content (AvgIpc) is 0. The first-order valence-electron chi connectivity index (χ1n) is 0. The third-order valence-electron chi connectivity index (χ3n) is 0. The maximum atomic E-state index is 0. The molecule has 0 unspecified atom stereocenters. The monoisotopic (exact) mass is 822 g/mol.